The van der Waals surface area contributed by atoms with Gasteiger partial charge in [0.25, 0.3) is 0 Å². The maximum atomic E-state index is 12.7. The molecule has 1 aromatic carbocycles. The fourth-order valence-electron chi connectivity index (χ4n) is 2.05. The molecule has 1 heterocycles. The Bertz CT molecular complexity index is 297. The van der Waals surface area contributed by atoms with Crippen LogP contribution in [-0.4, -0.2) is 19.1 Å². The van der Waals surface area contributed by atoms with Crippen molar-refractivity contribution in [3.63, 3.8) is 0 Å². The van der Waals surface area contributed by atoms with Gasteiger partial charge >= 0.3 is 0 Å². The molecule has 3 heteroatoms. The number of rotatable bonds is 2. The molecule has 1 unspecified atom stereocenters. The van der Waals surface area contributed by atoms with Gasteiger partial charge in [-0.2, -0.15) is 0 Å². The molecular weight excluding hydrogens is 179 g/mol. The fraction of sp³-hybridized carbons (Fsp3) is 0.455. The molecule has 2 nitrogen and oxygen atoms in total. The lowest BCUT2D eigenvalue weighted by Crippen LogP contribution is -2.35. The molecule has 1 aliphatic rings. The average Bonchev–Trinajstić information content (AvgIpc) is 2.67. The summed E-state index contributed by atoms with van der Waals surface area (Å²) in [6.45, 7) is 1.71. The summed E-state index contributed by atoms with van der Waals surface area (Å²) in [6.07, 6.45) is 2.33. The highest BCUT2D eigenvalue weighted by Gasteiger charge is 2.22. The van der Waals surface area contributed by atoms with E-state index in [0.717, 1.165) is 18.7 Å². The second kappa shape index (κ2) is 3.96. The van der Waals surface area contributed by atoms with Crippen molar-refractivity contribution >= 4 is 5.69 Å². The highest BCUT2D eigenvalue weighted by molar-refractivity contribution is 5.48. The Hall–Kier alpha value is -1.09. The van der Waals surface area contributed by atoms with Gasteiger partial charge in [-0.25, -0.2) is 4.39 Å². The molecular formula is C11H15FN2. The molecule has 1 saturated heterocycles. The molecule has 1 aliphatic heterocycles. The molecule has 0 saturated carbocycles. The van der Waals surface area contributed by atoms with Gasteiger partial charge in [-0.1, -0.05) is 0 Å². The average molecular weight is 194 g/mol. The van der Waals surface area contributed by atoms with Crippen molar-refractivity contribution in [1.29, 1.82) is 0 Å². The molecule has 1 atom stereocenters. The van der Waals surface area contributed by atoms with Gasteiger partial charge in [0, 0.05) is 24.8 Å². The van der Waals surface area contributed by atoms with Crippen LogP contribution < -0.4 is 10.6 Å². The smallest absolute Gasteiger partial charge is 0.123 e. The first-order chi connectivity index (χ1) is 6.81. The van der Waals surface area contributed by atoms with Crippen LogP contribution in [0, 0.1) is 5.82 Å². The van der Waals surface area contributed by atoms with E-state index in [1.54, 1.807) is 0 Å². The summed E-state index contributed by atoms with van der Waals surface area (Å²) in [5, 5.41) is 0. The Balaban J connectivity index is 2.17. The lowest BCUT2D eigenvalue weighted by molar-refractivity contribution is 0.626. The van der Waals surface area contributed by atoms with E-state index in [-0.39, 0.29) is 5.82 Å². The van der Waals surface area contributed by atoms with Gasteiger partial charge < -0.3 is 10.6 Å². The summed E-state index contributed by atoms with van der Waals surface area (Å²) in [5.41, 5.74) is 6.76. The molecule has 0 spiro atoms. The van der Waals surface area contributed by atoms with Gasteiger partial charge in [0.1, 0.15) is 5.82 Å². The fourth-order valence-corrected chi connectivity index (χ4v) is 2.05. The zero-order valence-corrected chi connectivity index (χ0v) is 8.12. The summed E-state index contributed by atoms with van der Waals surface area (Å²) in [7, 11) is 0. The predicted molar refractivity (Wildman–Crippen MR) is 55.8 cm³/mol. The lowest BCUT2D eigenvalue weighted by Gasteiger charge is -2.25. The van der Waals surface area contributed by atoms with Crippen LogP contribution in [-0.2, 0) is 0 Å². The van der Waals surface area contributed by atoms with Crippen LogP contribution in [0.4, 0.5) is 10.1 Å². The summed E-state index contributed by atoms with van der Waals surface area (Å²) < 4.78 is 12.7. The SMILES string of the molecule is NCC1CCCN1c1ccc(F)cc1. The molecule has 14 heavy (non-hydrogen) atoms. The highest BCUT2D eigenvalue weighted by atomic mass is 19.1. The third kappa shape index (κ3) is 1.73. The first-order valence-corrected chi connectivity index (χ1v) is 5.03. The number of nitrogens with zero attached hydrogens (tertiary/aromatic N) is 1. The van der Waals surface area contributed by atoms with E-state index in [9.17, 15) is 4.39 Å². The monoisotopic (exact) mass is 194 g/mol. The normalized spacial score (nSPS) is 21.6. The molecule has 1 fully saturated rings. The summed E-state index contributed by atoms with van der Waals surface area (Å²) in [5.74, 6) is -0.183. The van der Waals surface area contributed by atoms with Gasteiger partial charge in [0.05, 0.1) is 0 Å². The van der Waals surface area contributed by atoms with Crippen molar-refractivity contribution in [2.24, 2.45) is 5.73 Å². The van der Waals surface area contributed by atoms with Gasteiger partial charge in [-0.15, -0.1) is 0 Å². The third-order valence-electron chi connectivity index (χ3n) is 2.81. The number of nitrogens with two attached hydrogens (primary N) is 1. The standard InChI is InChI=1S/C11H15FN2/c12-9-3-5-10(6-4-9)14-7-1-2-11(14)8-13/h3-6,11H,1-2,7-8,13H2. The van der Waals surface area contributed by atoms with Crippen LogP contribution in [0.5, 0.6) is 0 Å². The minimum Gasteiger partial charge on any atom is -0.367 e. The molecule has 0 radical (unpaired) electrons. The Morgan fingerprint density at radius 2 is 2.07 bits per heavy atom. The van der Waals surface area contributed by atoms with E-state index in [2.05, 4.69) is 4.90 Å². The van der Waals surface area contributed by atoms with E-state index in [1.165, 1.54) is 18.6 Å². The molecule has 2 N–H and O–H groups in total. The Labute approximate surface area is 83.5 Å². The van der Waals surface area contributed by atoms with E-state index >= 15 is 0 Å². The molecule has 1 aromatic rings. The molecule has 0 amide bonds. The van der Waals surface area contributed by atoms with Gasteiger partial charge in [0.15, 0.2) is 0 Å². The molecule has 0 bridgehead atoms. The molecule has 0 aliphatic carbocycles. The zero-order chi connectivity index (χ0) is 9.97. The first-order valence-electron chi connectivity index (χ1n) is 5.03. The van der Waals surface area contributed by atoms with Crippen LogP contribution in [0.1, 0.15) is 12.8 Å². The number of hydrogen-bond acceptors (Lipinski definition) is 2. The topological polar surface area (TPSA) is 29.3 Å². The molecule has 0 aromatic heterocycles. The Morgan fingerprint density at radius 3 is 2.71 bits per heavy atom. The van der Waals surface area contributed by atoms with Crippen LogP contribution >= 0.6 is 0 Å². The summed E-state index contributed by atoms with van der Waals surface area (Å²) >= 11 is 0. The predicted octanol–water partition coefficient (Wildman–Crippen LogP) is 1.75. The van der Waals surface area contributed by atoms with E-state index in [1.807, 2.05) is 12.1 Å². The van der Waals surface area contributed by atoms with Crippen molar-refractivity contribution in [1.82, 2.24) is 0 Å². The Kier molecular flexibility index (Phi) is 2.68. The number of hydrogen-bond donors (Lipinski definition) is 1. The number of benzene rings is 1. The largest absolute Gasteiger partial charge is 0.367 e. The van der Waals surface area contributed by atoms with E-state index in [4.69, 9.17) is 5.73 Å². The van der Waals surface area contributed by atoms with Crippen LogP contribution in [0.15, 0.2) is 24.3 Å². The maximum absolute atomic E-state index is 12.7. The van der Waals surface area contributed by atoms with Crippen molar-refractivity contribution in [2.45, 2.75) is 18.9 Å². The minimum atomic E-state index is -0.183. The van der Waals surface area contributed by atoms with Crippen molar-refractivity contribution in [3.8, 4) is 0 Å². The van der Waals surface area contributed by atoms with Crippen molar-refractivity contribution in [3.05, 3.63) is 30.1 Å². The Morgan fingerprint density at radius 1 is 1.36 bits per heavy atom. The van der Waals surface area contributed by atoms with Crippen LogP contribution in [0.2, 0.25) is 0 Å². The first kappa shape index (κ1) is 9.46. The van der Waals surface area contributed by atoms with Crippen molar-refractivity contribution in [2.75, 3.05) is 18.0 Å². The maximum Gasteiger partial charge on any atom is 0.123 e. The van der Waals surface area contributed by atoms with Crippen molar-refractivity contribution < 1.29 is 4.39 Å². The molecule has 76 valence electrons. The summed E-state index contributed by atoms with van der Waals surface area (Å²) in [6, 6.07) is 7.08. The zero-order valence-electron chi connectivity index (χ0n) is 8.12. The van der Waals surface area contributed by atoms with Crippen LogP contribution in [0.3, 0.4) is 0 Å². The highest BCUT2D eigenvalue weighted by Crippen LogP contribution is 2.24. The molecule has 2 rings (SSSR count). The minimum absolute atomic E-state index is 0.183. The van der Waals surface area contributed by atoms with Gasteiger partial charge in [-0.05, 0) is 37.1 Å². The number of anilines is 1. The summed E-state index contributed by atoms with van der Waals surface area (Å²) in [4.78, 5) is 2.26. The second-order valence-corrected chi connectivity index (χ2v) is 3.70. The number of halogens is 1. The second-order valence-electron chi connectivity index (χ2n) is 3.70. The van der Waals surface area contributed by atoms with E-state index < -0.39 is 0 Å². The quantitative estimate of drug-likeness (QED) is 0.777. The van der Waals surface area contributed by atoms with Gasteiger partial charge in [-0.3, -0.25) is 0 Å². The lowest BCUT2D eigenvalue weighted by atomic mass is 10.2. The van der Waals surface area contributed by atoms with E-state index in [0.29, 0.717) is 12.6 Å². The van der Waals surface area contributed by atoms with Gasteiger partial charge in [0.2, 0.25) is 0 Å². The van der Waals surface area contributed by atoms with Crippen LogP contribution in [0.25, 0.3) is 0 Å². The third-order valence-corrected chi connectivity index (χ3v) is 2.81.